The van der Waals surface area contributed by atoms with Gasteiger partial charge in [-0.05, 0) is 39.0 Å². The first-order valence-corrected chi connectivity index (χ1v) is 5.79. The van der Waals surface area contributed by atoms with Gasteiger partial charge in [0.15, 0.2) is 0 Å². The summed E-state index contributed by atoms with van der Waals surface area (Å²) in [5.74, 6) is -2.43. The quantitative estimate of drug-likeness (QED) is 0.553. The van der Waals surface area contributed by atoms with Crippen LogP contribution in [0.4, 0.5) is 0 Å². The predicted octanol–water partition coefficient (Wildman–Crippen LogP) is 1.71. The van der Waals surface area contributed by atoms with E-state index in [1.54, 1.807) is 0 Å². The van der Waals surface area contributed by atoms with Gasteiger partial charge in [-0.2, -0.15) is 0 Å². The van der Waals surface area contributed by atoms with Crippen molar-refractivity contribution in [2.24, 2.45) is 5.92 Å². The number of hydrogen-bond acceptors (Lipinski definition) is 2. The number of allylic oxidation sites excluding steroid dienone is 1. The van der Waals surface area contributed by atoms with Crippen molar-refractivity contribution in [2.45, 2.75) is 39.0 Å². The Hall–Kier alpha value is -1.32. The van der Waals surface area contributed by atoms with Crippen LogP contribution in [0.5, 0.6) is 0 Å². The zero-order valence-electron chi connectivity index (χ0n) is 9.66. The Labute approximate surface area is 95.7 Å². The standard InChI is InChI=1S/C12H19NO3/c1-9(12(15)16)11(14)13-8-7-10-5-3-2-4-6-10/h5,9H,2-4,6-8H2,1H3,(H,13,14)(H,15,16). The maximum atomic E-state index is 11.3. The number of nitrogens with one attached hydrogen (secondary N) is 1. The maximum absolute atomic E-state index is 11.3. The van der Waals surface area contributed by atoms with Gasteiger partial charge in [-0.1, -0.05) is 11.6 Å². The zero-order valence-corrected chi connectivity index (χ0v) is 9.66. The third-order valence-corrected chi connectivity index (χ3v) is 2.89. The van der Waals surface area contributed by atoms with Gasteiger partial charge in [-0.15, -0.1) is 0 Å². The molecule has 0 heterocycles. The Balaban J connectivity index is 2.22. The van der Waals surface area contributed by atoms with Crippen molar-refractivity contribution >= 4 is 11.9 Å². The second kappa shape index (κ2) is 6.30. The van der Waals surface area contributed by atoms with Crippen molar-refractivity contribution in [1.29, 1.82) is 0 Å². The minimum absolute atomic E-state index is 0.399. The number of aliphatic carboxylic acids is 1. The van der Waals surface area contributed by atoms with E-state index in [1.807, 2.05) is 0 Å². The average molecular weight is 225 g/mol. The lowest BCUT2D eigenvalue weighted by Crippen LogP contribution is -2.34. The molecule has 1 rings (SSSR count). The Morgan fingerprint density at radius 2 is 2.25 bits per heavy atom. The number of rotatable bonds is 5. The predicted molar refractivity (Wildman–Crippen MR) is 61.0 cm³/mol. The van der Waals surface area contributed by atoms with Crippen molar-refractivity contribution in [1.82, 2.24) is 5.32 Å². The molecule has 90 valence electrons. The molecule has 0 bridgehead atoms. The molecule has 2 N–H and O–H groups in total. The molecule has 0 aliphatic heterocycles. The molecular formula is C12H19NO3. The zero-order chi connectivity index (χ0) is 12.0. The second-order valence-corrected chi connectivity index (χ2v) is 4.21. The molecule has 1 amide bonds. The number of carbonyl (C=O) groups excluding carboxylic acids is 1. The summed E-state index contributed by atoms with van der Waals surface area (Å²) in [7, 11) is 0. The Morgan fingerprint density at radius 3 is 2.81 bits per heavy atom. The van der Waals surface area contributed by atoms with Crippen molar-refractivity contribution in [2.75, 3.05) is 6.54 Å². The summed E-state index contributed by atoms with van der Waals surface area (Å²) in [6.45, 7) is 1.94. The fourth-order valence-corrected chi connectivity index (χ4v) is 1.74. The van der Waals surface area contributed by atoms with E-state index >= 15 is 0 Å². The first kappa shape index (κ1) is 12.7. The smallest absolute Gasteiger partial charge is 0.315 e. The van der Waals surface area contributed by atoms with Gasteiger partial charge in [0, 0.05) is 6.54 Å². The molecule has 16 heavy (non-hydrogen) atoms. The van der Waals surface area contributed by atoms with Crippen LogP contribution in [0.3, 0.4) is 0 Å². The van der Waals surface area contributed by atoms with Crippen LogP contribution in [0.2, 0.25) is 0 Å². The fourth-order valence-electron chi connectivity index (χ4n) is 1.74. The molecule has 1 unspecified atom stereocenters. The number of amides is 1. The number of carbonyl (C=O) groups is 2. The molecule has 0 aromatic rings. The van der Waals surface area contributed by atoms with E-state index in [1.165, 1.54) is 25.3 Å². The van der Waals surface area contributed by atoms with Gasteiger partial charge in [-0.3, -0.25) is 9.59 Å². The van der Waals surface area contributed by atoms with Crippen molar-refractivity contribution in [3.63, 3.8) is 0 Å². The Kier molecular flexibility index (Phi) is 5.02. The van der Waals surface area contributed by atoms with Gasteiger partial charge < -0.3 is 10.4 Å². The van der Waals surface area contributed by atoms with Gasteiger partial charge in [0.05, 0.1) is 0 Å². The molecule has 0 aromatic carbocycles. The van der Waals surface area contributed by atoms with Crippen LogP contribution in [-0.4, -0.2) is 23.5 Å². The highest BCUT2D eigenvalue weighted by atomic mass is 16.4. The average Bonchev–Trinajstić information content (AvgIpc) is 2.29. The first-order valence-electron chi connectivity index (χ1n) is 5.79. The lowest BCUT2D eigenvalue weighted by Gasteiger charge is -2.13. The van der Waals surface area contributed by atoms with Crippen LogP contribution < -0.4 is 5.32 Å². The highest BCUT2D eigenvalue weighted by Gasteiger charge is 2.19. The van der Waals surface area contributed by atoms with Crippen LogP contribution in [0.15, 0.2) is 11.6 Å². The van der Waals surface area contributed by atoms with E-state index in [0.717, 1.165) is 19.3 Å². The van der Waals surface area contributed by atoms with Gasteiger partial charge >= 0.3 is 5.97 Å². The summed E-state index contributed by atoms with van der Waals surface area (Å²) in [6, 6.07) is 0. The van der Waals surface area contributed by atoms with Crippen molar-refractivity contribution in [3.05, 3.63) is 11.6 Å². The second-order valence-electron chi connectivity index (χ2n) is 4.21. The fraction of sp³-hybridized carbons (Fsp3) is 0.667. The summed E-state index contributed by atoms with van der Waals surface area (Å²) >= 11 is 0. The van der Waals surface area contributed by atoms with Gasteiger partial charge in [0.1, 0.15) is 5.92 Å². The Morgan fingerprint density at radius 1 is 1.50 bits per heavy atom. The highest BCUT2D eigenvalue weighted by molar-refractivity contribution is 5.96. The highest BCUT2D eigenvalue weighted by Crippen LogP contribution is 2.19. The van der Waals surface area contributed by atoms with Crippen molar-refractivity contribution < 1.29 is 14.7 Å². The molecule has 0 aromatic heterocycles. The topological polar surface area (TPSA) is 66.4 Å². The molecule has 1 atom stereocenters. The van der Waals surface area contributed by atoms with E-state index in [-0.39, 0.29) is 0 Å². The summed E-state index contributed by atoms with van der Waals surface area (Å²) in [6.07, 6.45) is 7.81. The van der Waals surface area contributed by atoms with Crippen molar-refractivity contribution in [3.8, 4) is 0 Å². The molecule has 1 aliphatic rings. The van der Waals surface area contributed by atoms with E-state index in [9.17, 15) is 9.59 Å². The SMILES string of the molecule is CC(C(=O)O)C(=O)NCCC1=CCCCC1. The largest absolute Gasteiger partial charge is 0.481 e. The molecule has 0 spiro atoms. The number of carboxylic acids is 1. The molecule has 1 aliphatic carbocycles. The van der Waals surface area contributed by atoms with E-state index in [4.69, 9.17) is 5.11 Å². The summed E-state index contributed by atoms with van der Waals surface area (Å²) in [5.41, 5.74) is 1.38. The minimum Gasteiger partial charge on any atom is -0.481 e. The van der Waals surface area contributed by atoms with Gasteiger partial charge in [0.2, 0.25) is 5.91 Å². The summed E-state index contributed by atoms with van der Waals surface area (Å²) in [4.78, 5) is 21.8. The number of carboxylic acid groups (broad SMARTS) is 1. The van der Waals surface area contributed by atoms with Gasteiger partial charge in [0.25, 0.3) is 0 Å². The number of hydrogen-bond donors (Lipinski definition) is 2. The first-order chi connectivity index (χ1) is 7.61. The Bertz CT molecular complexity index is 297. The van der Waals surface area contributed by atoms with E-state index in [2.05, 4.69) is 11.4 Å². The molecule has 4 heteroatoms. The van der Waals surface area contributed by atoms with E-state index < -0.39 is 17.8 Å². The van der Waals surface area contributed by atoms with Crippen LogP contribution in [-0.2, 0) is 9.59 Å². The lowest BCUT2D eigenvalue weighted by molar-refractivity contribution is -0.146. The molecule has 0 saturated heterocycles. The summed E-state index contributed by atoms with van der Waals surface area (Å²) in [5, 5.41) is 11.3. The molecular weight excluding hydrogens is 206 g/mol. The van der Waals surface area contributed by atoms with Crippen LogP contribution in [0.1, 0.15) is 39.0 Å². The molecule has 0 fully saturated rings. The third kappa shape index (κ3) is 4.04. The normalized spacial score (nSPS) is 17.4. The molecule has 0 radical (unpaired) electrons. The molecule has 0 saturated carbocycles. The monoisotopic (exact) mass is 225 g/mol. The van der Waals surface area contributed by atoms with E-state index in [0.29, 0.717) is 6.54 Å². The van der Waals surface area contributed by atoms with Crippen LogP contribution in [0, 0.1) is 5.92 Å². The minimum atomic E-state index is -1.07. The summed E-state index contributed by atoms with van der Waals surface area (Å²) < 4.78 is 0. The lowest BCUT2D eigenvalue weighted by atomic mass is 9.97. The third-order valence-electron chi connectivity index (χ3n) is 2.89. The molecule has 4 nitrogen and oxygen atoms in total. The van der Waals surface area contributed by atoms with Gasteiger partial charge in [-0.25, -0.2) is 0 Å². The van der Waals surface area contributed by atoms with Crippen LogP contribution in [0.25, 0.3) is 0 Å². The van der Waals surface area contributed by atoms with Crippen LogP contribution >= 0.6 is 0 Å². The maximum Gasteiger partial charge on any atom is 0.315 e.